The van der Waals surface area contributed by atoms with Crippen molar-refractivity contribution < 1.29 is 9.53 Å². The van der Waals surface area contributed by atoms with Crippen molar-refractivity contribution in [3.8, 4) is 6.07 Å². The molecule has 2 atom stereocenters. The molecule has 0 N–H and O–H groups in total. The predicted molar refractivity (Wildman–Crippen MR) is 109 cm³/mol. The molecule has 0 aliphatic carbocycles. The molecule has 0 amide bonds. The van der Waals surface area contributed by atoms with Crippen molar-refractivity contribution in [1.29, 1.82) is 5.26 Å². The Balaban J connectivity index is 2.08. The highest BCUT2D eigenvalue weighted by Gasteiger charge is 2.23. The number of ether oxygens (including phenoxy) is 1. The summed E-state index contributed by atoms with van der Waals surface area (Å²) in [6.45, 7) is 4.61. The third-order valence-electron chi connectivity index (χ3n) is 4.80. The number of benzene rings is 2. The van der Waals surface area contributed by atoms with E-state index < -0.39 is 5.97 Å². The lowest BCUT2D eigenvalue weighted by Crippen LogP contribution is -2.21. The van der Waals surface area contributed by atoms with Crippen molar-refractivity contribution in [2.24, 2.45) is 5.92 Å². The largest absolute Gasteiger partial charge is 0.461 e. The quantitative estimate of drug-likeness (QED) is 0.325. The Kier molecular flexibility index (Phi) is 8.32. The van der Waals surface area contributed by atoms with Crippen LogP contribution in [0.5, 0.6) is 0 Å². The van der Waals surface area contributed by atoms with Gasteiger partial charge < -0.3 is 4.74 Å². The number of hydrogen-bond acceptors (Lipinski definition) is 3. The van der Waals surface area contributed by atoms with E-state index in [-0.39, 0.29) is 11.5 Å². The Bertz CT molecular complexity index is 775. The highest BCUT2D eigenvalue weighted by atomic mass is 16.5. The number of carbonyl (C=O) groups excluding carboxylic acids is 1. The molecule has 0 aliphatic heterocycles. The van der Waals surface area contributed by atoms with Crippen LogP contribution in [0.1, 0.15) is 50.2 Å². The Hall–Kier alpha value is -2.86. The minimum atomic E-state index is -0.553. The minimum Gasteiger partial charge on any atom is -0.461 e. The second-order valence-corrected chi connectivity index (χ2v) is 6.65. The lowest BCUT2D eigenvalue weighted by molar-refractivity contribution is -0.140. The van der Waals surface area contributed by atoms with Crippen LogP contribution < -0.4 is 0 Å². The number of nitrogens with zero attached hydrogens (tertiary/aromatic N) is 1. The number of rotatable bonds is 9. The van der Waals surface area contributed by atoms with Crippen molar-refractivity contribution >= 4 is 12.0 Å². The van der Waals surface area contributed by atoms with Gasteiger partial charge in [-0.05, 0) is 41.9 Å². The second kappa shape index (κ2) is 11.0. The van der Waals surface area contributed by atoms with Crippen LogP contribution >= 0.6 is 0 Å². The van der Waals surface area contributed by atoms with Crippen molar-refractivity contribution in [3.05, 3.63) is 77.4 Å². The first-order chi connectivity index (χ1) is 13.2. The summed E-state index contributed by atoms with van der Waals surface area (Å²) in [5, 5.41) is 9.33. The maximum Gasteiger partial charge on any atom is 0.348 e. The fourth-order valence-electron chi connectivity index (χ4n) is 3.32. The third kappa shape index (κ3) is 6.11. The highest BCUT2D eigenvalue weighted by molar-refractivity contribution is 5.97. The summed E-state index contributed by atoms with van der Waals surface area (Å²) in [7, 11) is 0. The molecule has 3 nitrogen and oxygen atoms in total. The molecule has 0 aliphatic rings. The molecule has 0 radical (unpaired) electrons. The van der Waals surface area contributed by atoms with Gasteiger partial charge in [0.1, 0.15) is 11.6 Å². The molecule has 2 rings (SSSR count). The monoisotopic (exact) mass is 361 g/mol. The first-order valence-corrected chi connectivity index (χ1v) is 9.58. The zero-order valence-corrected chi connectivity index (χ0v) is 16.1. The smallest absolute Gasteiger partial charge is 0.348 e. The van der Waals surface area contributed by atoms with E-state index in [1.807, 2.05) is 54.6 Å². The summed E-state index contributed by atoms with van der Waals surface area (Å²) in [6, 6.07) is 21.7. The molecule has 0 aromatic heterocycles. The molecule has 2 aromatic carbocycles. The topological polar surface area (TPSA) is 50.1 Å². The zero-order chi connectivity index (χ0) is 19.5. The van der Waals surface area contributed by atoms with Gasteiger partial charge in [0.25, 0.3) is 0 Å². The van der Waals surface area contributed by atoms with E-state index in [2.05, 4.69) is 26.0 Å². The Morgan fingerprint density at radius 2 is 1.70 bits per heavy atom. The number of nitriles is 1. The van der Waals surface area contributed by atoms with Crippen LogP contribution in [0.4, 0.5) is 0 Å². The van der Waals surface area contributed by atoms with Crippen molar-refractivity contribution in [2.75, 3.05) is 6.61 Å². The fraction of sp³-hybridized carbons (Fsp3) is 0.333. The van der Waals surface area contributed by atoms with Gasteiger partial charge in [0, 0.05) is 0 Å². The van der Waals surface area contributed by atoms with Crippen molar-refractivity contribution in [1.82, 2.24) is 0 Å². The first-order valence-electron chi connectivity index (χ1n) is 9.58. The van der Waals surface area contributed by atoms with Crippen LogP contribution in [0.15, 0.2) is 66.2 Å². The maximum absolute atomic E-state index is 12.4. The molecular formula is C24H27NO2. The van der Waals surface area contributed by atoms with Gasteiger partial charge in [0.15, 0.2) is 0 Å². The predicted octanol–water partition coefficient (Wildman–Crippen LogP) is 5.75. The standard InChI is InChI=1S/C24H27NO2/c1-3-11-23(21-14-9-6-10-15-21)20(4-2)18-27-24(26)22(17-25)16-19-12-7-5-8-13-19/h5-10,12-16,20,23H,3-4,11,18H2,1-2H3. The van der Waals surface area contributed by atoms with E-state index in [9.17, 15) is 10.1 Å². The lowest BCUT2D eigenvalue weighted by atomic mass is 9.82. The minimum absolute atomic E-state index is 0.0304. The number of carbonyl (C=O) groups is 1. The van der Waals surface area contributed by atoms with Gasteiger partial charge in [0.05, 0.1) is 6.61 Å². The molecule has 0 heterocycles. The van der Waals surface area contributed by atoms with Gasteiger partial charge in [0.2, 0.25) is 0 Å². The van der Waals surface area contributed by atoms with E-state index in [1.54, 1.807) is 6.08 Å². The molecular weight excluding hydrogens is 334 g/mol. The van der Waals surface area contributed by atoms with Crippen LogP contribution in [0, 0.1) is 17.2 Å². The molecule has 140 valence electrons. The highest BCUT2D eigenvalue weighted by Crippen LogP contribution is 2.32. The van der Waals surface area contributed by atoms with Gasteiger partial charge in [-0.15, -0.1) is 0 Å². The van der Waals surface area contributed by atoms with E-state index in [0.717, 1.165) is 24.8 Å². The molecule has 0 saturated heterocycles. The van der Waals surface area contributed by atoms with Crippen LogP contribution in [-0.4, -0.2) is 12.6 Å². The van der Waals surface area contributed by atoms with Gasteiger partial charge in [-0.3, -0.25) is 0 Å². The van der Waals surface area contributed by atoms with Gasteiger partial charge >= 0.3 is 5.97 Å². The number of hydrogen-bond donors (Lipinski definition) is 0. The van der Waals surface area contributed by atoms with E-state index in [4.69, 9.17) is 4.74 Å². The molecule has 0 saturated carbocycles. The summed E-state index contributed by atoms with van der Waals surface area (Å²) < 4.78 is 5.54. The third-order valence-corrected chi connectivity index (χ3v) is 4.80. The van der Waals surface area contributed by atoms with Crippen LogP contribution in [-0.2, 0) is 9.53 Å². The van der Waals surface area contributed by atoms with Gasteiger partial charge in [-0.2, -0.15) is 5.26 Å². The first kappa shape index (κ1) is 20.5. The van der Waals surface area contributed by atoms with E-state index in [1.165, 1.54) is 5.56 Å². The Morgan fingerprint density at radius 1 is 1.07 bits per heavy atom. The summed E-state index contributed by atoms with van der Waals surface area (Å²) in [4.78, 5) is 12.4. The van der Waals surface area contributed by atoms with E-state index in [0.29, 0.717) is 12.5 Å². The fourth-order valence-corrected chi connectivity index (χ4v) is 3.32. The Morgan fingerprint density at radius 3 is 2.26 bits per heavy atom. The Labute approximate surface area is 162 Å². The summed E-state index contributed by atoms with van der Waals surface area (Å²) >= 11 is 0. The van der Waals surface area contributed by atoms with Crippen molar-refractivity contribution in [3.63, 3.8) is 0 Å². The van der Waals surface area contributed by atoms with Crippen LogP contribution in [0.25, 0.3) is 6.08 Å². The lowest BCUT2D eigenvalue weighted by Gasteiger charge is -2.26. The summed E-state index contributed by atoms with van der Waals surface area (Å²) in [5.41, 5.74) is 2.12. The van der Waals surface area contributed by atoms with Crippen molar-refractivity contribution in [2.45, 2.75) is 39.0 Å². The molecule has 2 aromatic rings. The second-order valence-electron chi connectivity index (χ2n) is 6.65. The molecule has 3 heteroatoms. The molecule has 0 fully saturated rings. The average Bonchev–Trinajstić information content (AvgIpc) is 2.72. The average molecular weight is 361 g/mol. The molecule has 0 bridgehead atoms. The molecule has 27 heavy (non-hydrogen) atoms. The SMILES string of the molecule is CCCC(c1ccccc1)C(CC)COC(=O)C(C#N)=Cc1ccccc1. The summed E-state index contributed by atoms with van der Waals surface area (Å²) in [6.07, 6.45) is 4.60. The van der Waals surface area contributed by atoms with E-state index >= 15 is 0 Å². The molecule has 2 unspecified atom stereocenters. The van der Waals surface area contributed by atoms with Gasteiger partial charge in [-0.1, -0.05) is 80.9 Å². The van der Waals surface area contributed by atoms with Crippen LogP contribution in [0.2, 0.25) is 0 Å². The zero-order valence-electron chi connectivity index (χ0n) is 16.1. The number of esters is 1. The normalized spacial score (nSPS) is 13.4. The van der Waals surface area contributed by atoms with Crippen LogP contribution in [0.3, 0.4) is 0 Å². The summed E-state index contributed by atoms with van der Waals surface area (Å²) in [5.74, 6) is 0.0220. The molecule has 0 spiro atoms. The van der Waals surface area contributed by atoms with Gasteiger partial charge in [-0.25, -0.2) is 4.79 Å². The maximum atomic E-state index is 12.4.